The molecule has 2 aromatic rings. The molecule has 0 amide bonds. The number of anilines is 2. The Hall–Kier alpha value is -1.42. The summed E-state index contributed by atoms with van der Waals surface area (Å²) in [6.45, 7) is 1.74. The molecule has 0 aliphatic carbocycles. The van der Waals surface area contributed by atoms with Crippen LogP contribution in [0.2, 0.25) is 0 Å². The SMILES string of the molecule is Cc1cc(Nc2ccncc2Br)ccc1F. The molecule has 0 aliphatic rings. The number of hydrogen-bond donors (Lipinski definition) is 1. The van der Waals surface area contributed by atoms with Crippen LogP contribution in [0.15, 0.2) is 41.1 Å². The molecule has 0 spiro atoms. The van der Waals surface area contributed by atoms with Gasteiger partial charge in [0.25, 0.3) is 0 Å². The van der Waals surface area contributed by atoms with Crippen molar-refractivity contribution < 1.29 is 4.39 Å². The van der Waals surface area contributed by atoms with Crippen molar-refractivity contribution in [3.63, 3.8) is 0 Å². The molecule has 1 aromatic heterocycles. The number of nitrogens with zero attached hydrogens (tertiary/aromatic N) is 1. The van der Waals surface area contributed by atoms with E-state index in [2.05, 4.69) is 26.2 Å². The predicted octanol–water partition coefficient (Wildman–Crippen LogP) is 4.04. The number of halogens is 2. The van der Waals surface area contributed by atoms with Crippen molar-refractivity contribution in [2.45, 2.75) is 6.92 Å². The van der Waals surface area contributed by atoms with Crippen LogP contribution in [-0.2, 0) is 0 Å². The van der Waals surface area contributed by atoms with Crippen molar-refractivity contribution in [3.8, 4) is 0 Å². The molecule has 0 saturated heterocycles. The third kappa shape index (κ3) is 2.39. The Morgan fingerprint density at radius 1 is 1.31 bits per heavy atom. The van der Waals surface area contributed by atoms with Crippen LogP contribution in [0, 0.1) is 12.7 Å². The molecule has 2 nitrogen and oxygen atoms in total. The summed E-state index contributed by atoms with van der Waals surface area (Å²) >= 11 is 3.39. The van der Waals surface area contributed by atoms with Gasteiger partial charge in [-0.05, 0) is 52.7 Å². The molecule has 0 fully saturated rings. The van der Waals surface area contributed by atoms with Gasteiger partial charge in [0.05, 0.1) is 10.2 Å². The van der Waals surface area contributed by atoms with Crippen molar-refractivity contribution in [3.05, 3.63) is 52.5 Å². The Morgan fingerprint density at radius 2 is 2.12 bits per heavy atom. The average molecular weight is 281 g/mol. The highest BCUT2D eigenvalue weighted by Gasteiger charge is 2.02. The molecule has 0 aliphatic heterocycles. The average Bonchev–Trinajstić information content (AvgIpc) is 2.27. The van der Waals surface area contributed by atoms with Gasteiger partial charge in [-0.1, -0.05) is 0 Å². The van der Waals surface area contributed by atoms with Crippen LogP contribution >= 0.6 is 15.9 Å². The molecule has 0 radical (unpaired) electrons. The zero-order valence-electron chi connectivity index (χ0n) is 8.67. The Kier molecular flexibility index (Phi) is 3.19. The molecule has 16 heavy (non-hydrogen) atoms. The second-order valence-corrected chi connectivity index (χ2v) is 4.30. The molecular formula is C12H10BrFN2. The molecule has 0 unspecified atom stereocenters. The van der Waals surface area contributed by atoms with Crippen molar-refractivity contribution in [1.29, 1.82) is 0 Å². The number of rotatable bonds is 2. The van der Waals surface area contributed by atoms with E-state index in [-0.39, 0.29) is 5.82 Å². The molecule has 0 saturated carbocycles. The molecule has 82 valence electrons. The zero-order valence-corrected chi connectivity index (χ0v) is 10.3. The first-order chi connectivity index (χ1) is 7.66. The van der Waals surface area contributed by atoms with Gasteiger partial charge < -0.3 is 5.32 Å². The molecule has 2 rings (SSSR count). The summed E-state index contributed by atoms with van der Waals surface area (Å²) in [4.78, 5) is 3.97. The summed E-state index contributed by atoms with van der Waals surface area (Å²) < 4.78 is 13.9. The molecule has 0 atom stereocenters. The van der Waals surface area contributed by atoms with Gasteiger partial charge in [0.1, 0.15) is 5.82 Å². The van der Waals surface area contributed by atoms with Gasteiger partial charge in [-0.3, -0.25) is 4.98 Å². The minimum atomic E-state index is -0.195. The lowest BCUT2D eigenvalue weighted by atomic mass is 10.2. The maximum absolute atomic E-state index is 13.1. The minimum Gasteiger partial charge on any atom is -0.355 e. The molecule has 1 heterocycles. The first-order valence-electron chi connectivity index (χ1n) is 4.79. The standard InChI is InChI=1S/C12H10BrFN2/c1-8-6-9(2-3-11(8)14)16-12-4-5-15-7-10(12)13/h2-7H,1H3,(H,15,16). The first kappa shape index (κ1) is 11.1. The summed E-state index contributed by atoms with van der Waals surface area (Å²) in [6.07, 6.45) is 3.40. The van der Waals surface area contributed by atoms with Gasteiger partial charge in [-0.15, -0.1) is 0 Å². The summed E-state index contributed by atoms with van der Waals surface area (Å²) in [5.41, 5.74) is 2.38. The highest BCUT2D eigenvalue weighted by atomic mass is 79.9. The van der Waals surface area contributed by atoms with E-state index < -0.39 is 0 Å². The van der Waals surface area contributed by atoms with Crippen LogP contribution in [0.1, 0.15) is 5.56 Å². The van der Waals surface area contributed by atoms with Gasteiger partial charge in [0, 0.05) is 18.1 Å². The van der Waals surface area contributed by atoms with Crippen LogP contribution in [-0.4, -0.2) is 4.98 Å². The molecule has 1 N–H and O–H groups in total. The topological polar surface area (TPSA) is 24.9 Å². The number of nitrogens with one attached hydrogen (secondary N) is 1. The monoisotopic (exact) mass is 280 g/mol. The Morgan fingerprint density at radius 3 is 2.81 bits per heavy atom. The fourth-order valence-corrected chi connectivity index (χ4v) is 1.70. The van der Waals surface area contributed by atoms with E-state index in [0.717, 1.165) is 15.8 Å². The van der Waals surface area contributed by atoms with Crippen molar-refractivity contribution in [2.75, 3.05) is 5.32 Å². The maximum Gasteiger partial charge on any atom is 0.126 e. The van der Waals surface area contributed by atoms with Gasteiger partial charge in [-0.2, -0.15) is 0 Å². The number of aromatic nitrogens is 1. The third-order valence-corrected chi connectivity index (χ3v) is 2.84. The third-order valence-electron chi connectivity index (χ3n) is 2.21. The number of pyridine rings is 1. The van der Waals surface area contributed by atoms with Crippen LogP contribution in [0.5, 0.6) is 0 Å². The predicted molar refractivity (Wildman–Crippen MR) is 66.4 cm³/mol. The molecule has 1 aromatic carbocycles. The highest BCUT2D eigenvalue weighted by molar-refractivity contribution is 9.10. The lowest BCUT2D eigenvalue weighted by Gasteiger charge is -2.08. The van der Waals surface area contributed by atoms with Gasteiger partial charge in [0.2, 0.25) is 0 Å². The quantitative estimate of drug-likeness (QED) is 0.898. The van der Waals surface area contributed by atoms with E-state index in [0.29, 0.717) is 5.56 Å². The second-order valence-electron chi connectivity index (χ2n) is 3.44. The summed E-state index contributed by atoms with van der Waals surface area (Å²) in [5, 5.41) is 3.19. The molecular weight excluding hydrogens is 271 g/mol. The van der Waals surface area contributed by atoms with Crippen molar-refractivity contribution >= 4 is 27.3 Å². The number of hydrogen-bond acceptors (Lipinski definition) is 2. The second kappa shape index (κ2) is 4.61. The number of benzene rings is 1. The van der Waals surface area contributed by atoms with Crippen LogP contribution < -0.4 is 5.32 Å². The lowest BCUT2D eigenvalue weighted by molar-refractivity contribution is 0.619. The molecule has 0 bridgehead atoms. The number of aryl methyl sites for hydroxylation is 1. The summed E-state index contributed by atoms with van der Waals surface area (Å²) in [5.74, 6) is -0.195. The lowest BCUT2D eigenvalue weighted by Crippen LogP contribution is -1.93. The van der Waals surface area contributed by atoms with Crippen LogP contribution in [0.25, 0.3) is 0 Å². The van der Waals surface area contributed by atoms with E-state index in [1.165, 1.54) is 6.07 Å². The summed E-state index contributed by atoms with van der Waals surface area (Å²) in [7, 11) is 0. The smallest absolute Gasteiger partial charge is 0.126 e. The summed E-state index contributed by atoms with van der Waals surface area (Å²) in [6, 6.07) is 6.77. The van der Waals surface area contributed by atoms with Crippen molar-refractivity contribution in [1.82, 2.24) is 4.98 Å². The zero-order chi connectivity index (χ0) is 11.5. The Labute approximate surface area is 102 Å². The highest BCUT2D eigenvalue weighted by Crippen LogP contribution is 2.25. The van der Waals surface area contributed by atoms with E-state index in [1.807, 2.05) is 6.07 Å². The minimum absolute atomic E-state index is 0.195. The Balaban J connectivity index is 2.28. The normalized spacial score (nSPS) is 10.2. The van der Waals surface area contributed by atoms with Gasteiger partial charge >= 0.3 is 0 Å². The van der Waals surface area contributed by atoms with Crippen LogP contribution in [0.3, 0.4) is 0 Å². The molecule has 4 heteroatoms. The van der Waals surface area contributed by atoms with E-state index in [1.54, 1.807) is 31.5 Å². The maximum atomic E-state index is 13.1. The van der Waals surface area contributed by atoms with Crippen LogP contribution in [0.4, 0.5) is 15.8 Å². The first-order valence-corrected chi connectivity index (χ1v) is 5.59. The van der Waals surface area contributed by atoms with E-state index in [4.69, 9.17) is 0 Å². The van der Waals surface area contributed by atoms with Gasteiger partial charge in [-0.25, -0.2) is 4.39 Å². The van der Waals surface area contributed by atoms with E-state index >= 15 is 0 Å². The van der Waals surface area contributed by atoms with Gasteiger partial charge in [0.15, 0.2) is 0 Å². The largest absolute Gasteiger partial charge is 0.355 e. The van der Waals surface area contributed by atoms with E-state index in [9.17, 15) is 4.39 Å². The fraction of sp³-hybridized carbons (Fsp3) is 0.0833. The fourth-order valence-electron chi connectivity index (χ4n) is 1.35. The Bertz CT molecular complexity index is 514. The van der Waals surface area contributed by atoms with Crippen molar-refractivity contribution in [2.24, 2.45) is 0 Å².